The normalized spacial score (nSPS) is 20.1. The topological polar surface area (TPSA) is 92.1 Å². The smallest absolute Gasteiger partial charge is 0.231 e. The summed E-state index contributed by atoms with van der Waals surface area (Å²) in [7, 11) is 1.58. The first-order valence-electron chi connectivity index (χ1n) is 12.2. The van der Waals surface area contributed by atoms with E-state index < -0.39 is 5.92 Å². The number of rotatable bonds is 4. The maximum atomic E-state index is 13.6. The largest absolute Gasteiger partial charge is 0.507 e. The van der Waals surface area contributed by atoms with Gasteiger partial charge in [0.2, 0.25) is 6.79 Å². The zero-order chi connectivity index (χ0) is 25.5. The number of nitrogens with one attached hydrogen (secondary N) is 1. The highest BCUT2D eigenvalue weighted by Gasteiger charge is 2.43. The van der Waals surface area contributed by atoms with Crippen LogP contribution < -0.4 is 19.1 Å². The first-order valence-corrected chi connectivity index (χ1v) is 12.2. The number of aliphatic hydroxyl groups is 1. The number of benzene rings is 3. The minimum absolute atomic E-state index is 0.0254. The molecule has 0 unspecified atom stereocenters. The number of aliphatic hydroxyl groups excluding tert-OH is 1. The molecule has 0 saturated heterocycles. The minimum Gasteiger partial charge on any atom is -0.507 e. The van der Waals surface area contributed by atoms with Gasteiger partial charge in [0, 0.05) is 40.4 Å². The third-order valence-corrected chi connectivity index (χ3v) is 7.12. The Morgan fingerprint density at radius 3 is 2.51 bits per heavy atom. The fourth-order valence-corrected chi connectivity index (χ4v) is 5.38. The SMILES string of the molecule is COc1ccc(C(O)=C2C(=N)N(c3ccccc3)C3=C(C(=O)CCC3)[C@H]2c2ccc3c(c2)OCO3)cc1. The lowest BCUT2D eigenvalue weighted by Crippen LogP contribution is -2.42. The average Bonchev–Trinajstić information content (AvgIpc) is 3.41. The predicted molar refractivity (Wildman–Crippen MR) is 140 cm³/mol. The zero-order valence-electron chi connectivity index (χ0n) is 20.4. The van der Waals surface area contributed by atoms with Crippen molar-refractivity contribution >= 4 is 23.1 Å². The van der Waals surface area contributed by atoms with Gasteiger partial charge < -0.3 is 19.3 Å². The Morgan fingerprint density at radius 1 is 1.00 bits per heavy atom. The molecule has 1 atom stereocenters. The summed E-state index contributed by atoms with van der Waals surface area (Å²) in [5.74, 6) is 1.35. The summed E-state index contributed by atoms with van der Waals surface area (Å²) in [5.41, 5.74) is 3.85. The van der Waals surface area contributed by atoms with Crippen molar-refractivity contribution in [3.8, 4) is 17.2 Å². The van der Waals surface area contributed by atoms with Gasteiger partial charge >= 0.3 is 0 Å². The van der Waals surface area contributed by atoms with E-state index in [1.807, 2.05) is 53.4 Å². The van der Waals surface area contributed by atoms with Crippen LogP contribution in [0.1, 0.15) is 36.3 Å². The van der Waals surface area contributed by atoms with Crippen LogP contribution in [0.3, 0.4) is 0 Å². The quantitative estimate of drug-likeness (QED) is 0.434. The number of hydrogen-bond donors (Lipinski definition) is 2. The van der Waals surface area contributed by atoms with E-state index in [0.29, 0.717) is 53.2 Å². The predicted octanol–water partition coefficient (Wildman–Crippen LogP) is 5.98. The van der Waals surface area contributed by atoms with Crippen molar-refractivity contribution in [1.29, 1.82) is 5.41 Å². The minimum atomic E-state index is -0.633. The number of carbonyl (C=O) groups excluding carboxylic acids is 1. The van der Waals surface area contributed by atoms with E-state index in [9.17, 15) is 15.3 Å². The fourth-order valence-electron chi connectivity index (χ4n) is 5.38. The Bertz CT molecular complexity index is 1460. The number of ketones is 1. The summed E-state index contributed by atoms with van der Waals surface area (Å²) in [5, 5.41) is 21.1. The van der Waals surface area contributed by atoms with Gasteiger partial charge in [-0.25, -0.2) is 0 Å². The molecule has 0 radical (unpaired) electrons. The molecular weight excluding hydrogens is 468 g/mol. The average molecular weight is 495 g/mol. The highest BCUT2D eigenvalue weighted by atomic mass is 16.7. The van der Waals surface area contributed by atoms with E-state index in [1.54, 1.807) is 31.4 Å². The summed E-state index contributed by atoms with van der Waals surface area (Å²) in [4.78, 5) is 15.4. The number of anilines is 1. The highest BCUT2D eigenvalue weighted by Crippen LogP contribution is 2.49. The van der Waals surface area contributed by atoms with Crippen molar-refractivity contribution in [2.24, 2.45) is 0 Å². The molecule has 7 heteroatoms. The van der Waals surface area contributed by atoms with E-state index in [4.69, 9.17) is 14.2 Å². The standard InChI is InChI=1S/C30H26N2O5/c1-35-21-13-10-18(11-14-21)29(34)28-26(19-12-15-24-25(16-19)37-17-36-24)27-22(8-5-9-23(27)33)32(30(28)31)20-6-3-2-4-7-20/h2-4,6-7,10-16,26,31,34H,5,8-9,17H2,1H3/t26-/m1/s1. The van der Waals surface area contributed by atoms with Crippen molar-refractivity contribution in [3.63, 3.8) is 0 Å². The van der Waals surface area contributed by atoms with Crippen molar-refractivity contribution in [2.75, 3.05) is 18.8 Å². The number of fused-ring (bicyclic) bond motifs is 1. The molecule has 2 aliphatic heterocycles. The molecule has 3 aromatic carbocycles. The number of hydrogen-bond acceptors (Lipinski definition) is 6. The lowest BCUT2D eigenvalue weighted by Gasteiger charge is -2.41. The summed E-state index contributed by atoms with van der Waals surface area (Å²) >= 11 is 0. The molecule has 6 rings (SSSR count). The van der Waals surface area contributed by atoms with Crippen molar-refractivity contribution < 1.29 is 24.1 Å². The molecule has 186 valence electrons. The molecule has 0 amide bonds. The second-order valence-corrected chi connectivity index (χ2v) is 9.19. The molecule has 0 fully saturated rings. The van der Waals surface area contributed by atoms with Gasteiger partial charge in [0.15, 0.2) is 17.3 Å². The molecule has 7 nitrogen and oxygen atoms in total. The molecule has 2 heterocycles. The molecular formula is C30H26N2O5. The number of allylic oxidation sites excluding steroid dienone is 2. The Labute approximate surface area is 214 Å². The van der Waals surface area contributed by atoms with E-state index >= 15 is 0 Å². The second-order valence-electron chi connectivity index (χ2n) is 9.19. The van der Waals surface area contributed by atoms with Crippen LogP contribution in [0.4, 0.5) is 5.69 Å². The third kappa shape index (κ3) is 3.83. The Morgan fingerprint density at radius 2 is 1.76 bits per heavy atom. The van der Waals surface area contributed by atoms with Gasteiger partial charge in [0.1, 0.15) is 17.3 Å². The number of Topliss-reactive ketones (excluding diaryl/α,β-unsaturated/α-hetero) is 1. The maximum Gasteiger partial charge on any atom is 0.231 e. The van der Waals surface area contributed by atoms with Crippen LogP contribution in [-0.4, -0.2) is 30.6 Å². The molecule has 3 aromatic rings. The van der Waals surface area contributed by atoms with Gasteiger partial charge in [-0.3, -0.25) is 15.1 Å². The first-order chi connectivity index (χ1) is 18.1. The van der Waals surface area contributed by atoms with Crippen LogP contribution >= 0.6 is 0 Å². The number of para-hydroxylation sites is 1. The van der Waals surface area contributed by atoms with Gasteiger partial charge in [-0.1, -0.05) is 24.3 Å². The lowest BCUT2D eigenvalue weighted by atomic mass is 9.73. The Kier molecular flexibility index (Phi) is 5.68. The van der Waals surface area contributed by atoms with E-state index in [-0.39, 0.29) is 24.2 Å². The number of carbonyl (C=O) groups is 1. The molecule has 2 N–H and O–H groups in total. The summed E-state index contributed by atoms with van der Waals surface area (Å²) in [6.45, 7) is 0.133. The third-order valence-electron chi connectivity index (χ3n) is 7.12. The zero-order valence-corrected chi connectivity index (χ0v) is 20.4. The van der Waals surface area contributed by atoms with E-state index in [0.717, 1.165) is 16.9 Å². The van der Waals surface area contributed by atoms with Crippen LogP contribution in [0.2, 0.25) is 0 Å². The molecule has 0 saturated carbocycles. The van der Waals surface area contributed by atoms with E-state index in [2.05, 4.69) is 0 Å². The second kappa shape index (κ2) is 9.17. The van der Waals surface area contributed by atoms with Crippen LogP contribution in [0.5, 0.6) is 17.2 Å². The molecule has 3 aliphatic rings. The van der Waals surface area contributed by atoms with Crippen molar-refractivity contribution in [2.45, 2.75) is 25.2 Å². The van der Waals surface area contributed by atoms with Gasteiger partial charge in [-0.05, 0) is 66.9 Å². The van der Waals surface area contributed by atoms with Crippen molar-refractivity contribution in [3.05, 3.63) is 101 Å². The number of methoxy groups -OCH3 is 1. The maximum absolute atomic E-state index is 13.6. The van der Waals surface area contributed by atoms with Gasteiger partial charge in [-0.2, -0.15) is 0 Å². The van der Waals surface area contributed by atoms with Gasteiger partial charge in [0.25, 0.3) is 0 Å². The van der Waals surface area contributed by atoms with Crippen molar-refractivity contribution in [1.82, 2.24) is 0 Å². The highest BCUT2D eigenvalue weighted by molar-refractivity contribution is 6.19. The Hall–Kier alpha value is -4.52. The van der Waals surface area contributed by atoms with Crippen LogP contribution in [0.15, 0.2) is 89.6 Å². The van der Waals surface area contributed by atoms with Gasteiger partial charge in [0.05, 0.1) is 7.11 Å². The fraction of sp³-hybridized carbons (Fsp3) is 0.200. The molecule has 0 aromatic heterocycles. The lowest BCUT2D eigenvalue weighted by molar-refractivity contribution is -0.116. The molecule has 1 aliphatic carbocycles. The Balaban J connectivity index is 1.62. The van der Waals surface area contributed by atoms with Crippen LogP contribution in [0.25, 0.3) is 5.76 Å². The monoisotopic (exact) mass is 494 g/mol. The van der Waals surface area contributed by atoms with Crippen LogP contribution in [0, 0.1) is 5.41 Å². The molecule has 37 heavy (non-hydrogen) atoms. The number of amidine groups is 1. The van der Waals surface area contributed by atoms with Gasteiger partial charge in [-0.15, -0.1) is 0 Å². The summed E-state index contributed by atoms with van der Waals surface area (Å²) < 4.78 is 16.4. The molecule has 0 bridgehead atoms. The molecule has 0 spiro atoms. The number of ether oxygens (including phenoxy) is 3. The first kappa shape index (κ1) is 22.9. The summed E-state index contributed by atoms with van der Waals surface area (Å²) in [6.07, 6.45) is 1.80. The van der Waals surface area contributed by atoms with E-state index in [1.165, 1.54) is 0 Å². The number of nitrogens with zero attached hydrogens (tertiary/aromatic N) is 1. The summed E-state index contributed by atoms with van der Waals surface area (Å²) in [6, 6.07) is 22.2. The van der Waals surface area contributed by atoms with Crippen LogP contribution in [-0.2, 0) is 4.79 Å².